The first kappa shape index (κ1) is 14.7. The highest BCUT2D eigenvalue weighted by Crippen LogP contribution is 2.18. The van der Waals surface area contributed by atoms with Crippen LogP contribution in [-0.2, 0) is 0 Å². The molecule has 0 aliphatic rings. The molecule has 70 valence electrons. The van der Waals surface area contributed by atoms with Crippen LogP contribution in [0.15, 0.2) is 0 Å². The number of halogens is 2. The third kappa shape index (κ3) is 24.7. The van der Waals surface area contributed by atoms with Crippen molar-refractivity contribution >= 4 is 44.8 Å². The van der Waals surface area contributed by atoms with E-state index in [2.05, 4.69) is 0 Å². The fourth-order valence-corrected chi connectivity index (χ4v) is 1.73. The Bertz CT molecular complexity index is 53.7. The summed E-state index contributed by atoms with van der Waals surface area (Å²) in [6, 6.07) is 0. The highest BCUT2D eigenvalue weighted by Gasteiger charge is 1.85. The van der Waals surface area contributed by atoms with Gasteiger partial charge >= 0.3 is 0 Å². The van der Waals surface area contributed by atoms with Crippen molar-refractivity contribution in [3.05, 3.63) is 0 Å². The molecule has 0 aromatic rings. The van der Waals surface area contributed by atoms with Gasteiger partial charge < -0.3 is 10.2 Å². The fourth-order valence-electron chi connectivity index (χ4n) is 0.192. The summed E-state index contributed by atoms with van der Waals surface area (Å²) >= 11 is 9.53. The normalized spacial score (nSPS) is 8.73. The third-order valence-electron chi connectivity index (χ3n) is 0.433. The highest BCUT2D eigenvalue weighted by atomic mass is 35.5. The Hall–Kier alpha value is 1.20. The lowest BCUT2D eigenvalue weighted by atomic mass is 10.9. The predicted molar refractivity (Wildman–Crippen MR) is 55.7 cm³/mol. The summed E-state index contributed by atoms with van der Waals surface area (Å²) in [5.41, 5.74) is 0. The van der Waals surface area contributed by atoms with Crippen molar-refractivity contribution in [1.82, 2.24) is 0 Å². The molecular formula is C5H12Cl2O2S2. The Balaban J connectivity index is 0. The Morgan fingerprint density at radius 1 is 0.909 bits per heavy atom. The number of hydrogen-bond donors (Lipinski definition) is 2. The van der Waals surface area contributed by atoms with E-state index >= 15 is 0 Å². The molecule has 11 heavy (non-hydrogen) atoms. The summed E-state index contributed by atoms with van der Waals surface area (Å²) in [7, 11) is 3.17. The van der Waals surface area contributed by atoms with Gasteiger partial charge in [-0.25, -0.2) is 0 Å². The first-order chi connectivity index (χ1) is 5.33. The van der Waals surface area contributed by atoms with Crippen LogP contribution < -0.4 is 0 Å². The van der Waals surface area contributed by atoms with Crippen LogP contribution in [0.3, 0.4) is 0 Å². The summed E-state index contributed by atoms with van der Waals surface area (Å²) in [5, 5.41) is 16.7. The summed E-state index contributed by atoms with van der Waals surface area (Å²) in [4.78, 5) is 0. The van der Waals surface area contributed by atoms with Gasteiger partial charge in [-0.05, 0) is 0 Å². The molecule has 0 aliphatic heterocycles. The molecule has 0 saturated carbocycles. The van der Waals surface area contributed by atoms with E-state index in [-0.39, 0.29) is 18.6 Å². The second-order valence-corrected chi connectivity index (χ2v) is 4.70. The molecule has 0 radical (unpaired) electrons. The van der Waals surface area contributed by atoms with Crippen LogP contribution in [0.1, 0.15) is 0 Å². The van der Waals surface area contributed by atoms with E-state index < -0.39 is 0 Å². The summed E-state index contributed by atoms with van der Waals surface area (Å²) in [6.07, 6.45) is 0. The molecule has 0 heterocycles. The van der Waals surface area contributed by atoms with Crippen LogP contribution in [0.5, 0.6) is 0 Å². The average molecular weight is 239 g/mol. The van der Waals surface area contributed by atoms with Gasteiger partial charge in [-0.3, -0.25) is 0 Å². The molecule has 0 saturated heterocycles. The topological polar surface area (TPSA) is 40.5 Å². The van der Waals surface area contributed by atoms with Crippen LogP contribution in [0.2, 0.25) is 0 Å². The monoisotopic (exact) mass is 238 g/mol. The molecule has 0 aromatic carbocycles. The van der Waals surface area contributed by atoms with Gasteiger partial charge in [-0.15, -0.1) is 23.2 Å². The molecule has 6 heteroatoms. The quantitative estimate of drug-likeness (QED) is 0.436. The average Bonchev–Trinajstić information content (AvgIpc) is 2.00. The largest absolute Gasteiger partial charge is 0.395 e. The van der Waals surface area contributed by atoms with Gasteiger partial charge in [0.25, 0.3) is 0 Å². The fraction of sp³-hybridized carbons (Fsp3) is 1.00. The van der Waals surface area contributed by atoms with Crippen molar-refractivity contribution in [2.45, 2.75) is 0 Å². The van der Waals surface area contributed by atoms with Gasteiger partial charge in [0.05, 0.1) is 18.6 Å². The van der Waals surface area contributed by atoms with Gasteiger partial charge in [0.15, 0.2) is 0 Å². The van der Waals surface area contributed by atoms with Crippen molar-refractivity contribution in [3.8, 4) is 0 Å². The second-order valence-electron chi connectivity index (χ2n) is 1.19. The zero-order chi connectivity index (χ0) is 8.95. The summed E-state index contributed by atoms with van der Waals surface area (Å²) < 4.78 is 0. The zero-order valence-corrected chi connectivity index (χ0v) is 9.15. The highest BCUT2D eigenvalue weighted by molar-refractivity contribution is 8.76. The van der Waals surface area contributed by atoms with Gasteiger partial charge in [0, 0.05) is 11.5 Å². The number of aliphatic hydroxyl groups excluding tert-OH is 2. The number of hydrogen-bond acceptors (Lipinski definition) is 4. The van der Waals surface area contributed by atoms with E-state index in [1.165, 1.54) is 0 Å². The molecule has 0 fully saturated rings. The smallest absolute Gasteiger partial charge is 0.0967 e. The molecular weight excluding hydrogens is 227 g/mol. The number of rotatable bonds is 5. The van der Waals surface area contributed by atoms with E-state index in [9.17, 15) is 0 Å². The lowest BCUT2D eigenvalue weighted by Crippen LogP contribution is -1.85. The lowest BCUT2D eigenvalue weighted by Gasteiger charge is -1.93. The van der Waals surface area contributed by atoms with Gasteiger partial charge in [-0.1, -0.05) is 21.6 Å². The minimum absolute atomic E-state index is 0.194. The molecule has 0 unspecified atom stereocenters. The zero-order valence-electron chi connectivity index (χ0n) is 6.00. The van der Waals surface area contributed by atoms with Crippen molar-refractivity contribution < 1.29 is 10.2 Å². The van der Waals surface area contributed by atoms with Crippen LogP contribution in [0, 0.1) is 0 Å². The molecule has 2 N–H and O–H groups in total. The number of alkyl halides is 2. The van der Waals surface area contributed by atoms with E-state index in [1.54, 1.807) is 21.6 Å². The van der Waals surface area contributed by atoms with E-state index in [0.717, 1.165) is 11.5 Å². The van der Waals surface area contributed by atoms with Gasteiger partial charge in [-0.2, -0.15) is 0 Å². The van der Waals surface area contributed by atoms with E-state index in [0.29, 0.717) is 0 Å². The van der Waals surface area contributed by atoms with Crippen molar-refractivity contribution in [1.29, 1.82) is 0 Å². The first-order valence-electron chi connectivity index (χ1n) is 2.91. The molecule has 0 atom stereocenters. The minimum Gasteiger partial charge on any atom is -0.395 e. The Kier molecular flexibility index (Phi) is 23.2. The predicted octanol–water partition coefficient (Wildman–Crippen LogP) is 1.77. The van der Waals surface area contributed by atoms with Crippen molar-refractivity contribution in [2.24, 2.45) is 0 Å². The lowest BCUT2D eigenvalue weighted by molar-refractivity contribution is 0.322. The van der Waals surface area contributed by atoms with E-state index in [4.69, 9.17) is 33.4 Å². The standard InChI is InChI=1S/C4H10O2S2.CH2Cl2/c5-1-3-7-8-4-2-6;2-1-3/h5-6H,1-4H2;1H2. The molecule has 0 aromatic heterocycles. The van der Waals surface area contributed by atoms with Crippen LogP contribution >= 0.6 is 44.8 Å². The molecule has 0 amide bonds. The maximum absolute atomic E-state index is 8.27. The van der Waals surface area contributed by atoms with Crippen molar-refractivity contribution in [2.75, 3.05) is 30.1 Å². The third-order valence-corrected chi connectivity index (χ3v) is 2.80. The SMILES string of the molecule is ClCCl.OCCSSCCO. The minimum atomic E-state index is 0.194. The first-order valence-corrected chi connectivity index (χ1v) is 6.47. The number of aliphatic hydroxyl groups is 2. The Morgan fingerprint density at radius 3 is 1.36 bits per heavy atom. The van der Waals surface area contributed by atoms with Gasteiger partial charge in [0.2, 0.25) is 0 Å². The molecule has 0 bridgehead atoms. The van der Waals surface area contributed by atoms with Crippen LogP contribution in [0.25, 0.3) is 0 Å². The molecule has 2 nitrogen and oxygen atoms in total. The van der Waals surface area contributed by atoms with Crippen LogP contribution in [-0.4, -0.2) is 40.3 Å². The summed E-state index contributed by atoms with van der Waals surface area (Å²) in [5.74, 6) is 1.51. The summed E-state index contributed by atoms with van der Waals surface area (Å²) in [6.45, 7) is 0.451. The Labute approximate surface area is 85.0 Å². The molecule has 0 rings (SSSR count). The van der Waals surface area contributed by atoms with E-state index in [1.807, 2.05) is 0 Å². The maximum Gasteiger partial charge on any atom is 0.0967 e. The maximum atomic E-state index is 8.27. The van der Waals surface area contributed by atoms with Crippen molar-refractivity contribution in [3.63, 3.8) is 0 Å². The Morgan fingerprint density at radius 2 is 1.18 bits per heavy atom. The second kappa shape index (κ2) is 17.3. The molecule has 0 aliphatic carbocycles. The molecule has 0 spiro atoms. The van der Waals surface area contributed by atoms with Gasteiger partial charge in [0.1, 0.15) is 0 Å². The van der Waals surface area contributed by atoms with Crippen LogP contribution in [0.4, 0.5) is 0 Å².